The Morgan fingerprint density at radius 1 is 0.345 bits per heavy atom. The number of hydrogen-bond donors (Lipinski definition) is 0. The fraction of sp³-hybridized carbons (Fsp3) is 0.0385. The molecule has 0 amide bonds. The van der Waals surface area contributed by atoms with Crippen LogP contribution in [0.1, 0.15) is 0 Å². The number of benzene rings is 9. The topological polar surface area (TPSA) is 51.2 Å². The lowest BCUT2D eigenvalue weighted by molar-refractivity contribution is 0.416. The number of nitrogens with zero attached hydrogens (tertiary/aromatic N) is 2. The second-order valence-corrected chi connectivity index (χ2v) is 14.5. The number of para-hydroxylation sites is 6. The first-order valence-corrected chi connectivity index (χ1v) is 19.3. The van der Waals surface area contributed by atoms with Crippen molar-refractivity contribution in [3.8, 4) is 11.5 Å². The summed E-state index contributed by atoms with van der Waals surface area (Å²) in [6.45, 7) is 0. The quantitative estimate of drug-likeness (QED) is 0.154. The Kier molecular flexibility index (Phi) is 7.83. The molecule has 0 fully saturated rings. The fourth-order valence-corrected chi connectivity index (χ4v) is 8.51. The highest BCUT2D eigenvalue weighted by molar-refractivity contribution is 6.27. The lowest BCUT2D eigenvalue weighted by Crippen LogP contribution is -2.11. The monoisotopic (exact) mass is 752 g/mol. The number of furan rings is 2. The largest absolute Gasteiger partial charge is 0.495 e. The van der Waals surface area contributed by atoms with Gasteiger partial charge in [-0.3, -0.25) is 0 Å². The van der Waals surface area contributed by atoms with Gasteiger partial charge in [0, 0.05) is 44.3 Å². The molecule has 0 saturated carbocycles. The molecule has 0 aliphatic rings. The molecule has 0 saturated heterocycles. The molecule has 2 heterocycles. The molecule has 0 spiro atoms. The molecule has 11 aromatic rings. The van der Waals surface area contributed by atoms with Crippen molar-refractivity contribution in [2.24, 2.45) is 0 Å². The van der Waals surface area contributed by atoms with Crippen LogP contribution in [-0.4, -0.2) is 14.2 Å². The minimum atomic E-state index is 0.797. The standard InChI is InChI=1S/C52H36N2O4/c1-55-45-19-11-9-17-43(45)53(37-13-5-3-6-14-37)39-23-21-33-29-41-49(31-35(33)27-39)57-47-25-26-48-52(51(41)47)42-30-34-22-24-40(28-36(34)32-50(42)58-48)54(38-15-7-4-8-16-38)44-18-10-12-20-46(44)56-2/h3-32H,1-2H3. The smallest absolute Gasteiger partial charge is 0.142 e. The van der Waals surface area contributed by atoms with Crippen LogP contribution in [0.5, 0.6) is 11.5 Å². The number of rotatable bonds is 8. The van der Waals surface area contributed by atoms with Crippen molar-refractivity contribution in [3.63, 3.8) is 0 Å². The van der Waals surface area contributed by atoms with E-state index in [0.29, 0.717) is 0 Å². The Labute approximate surface area is 334 Å². The van der Waals surface area contributed by atoms with E-state index in [1.54, 1.807) is 14.2 Å². The zero-order valence-electron chi connectivity index (χ0n) is 31.8. The predicted octanol–water partition coefficient (Wildman–Crippen LogP) is 14.7. The molecule has 278 valence electrons. The van der Waals surface area contributed by atoms with Crippen molar-refractivity contribution >= 4 is 99.5 Å². The fourth-order valence-electron chi connectivity index (χ4n) is 8.51. The van der Waals surface area contributed by atoms with Crippen molar-refractivity contribution in [1.29, 1.82) is 0 Å². The molecular formula is C52H36N2O4. The van der Waals surface area contributed by atoms with E-state index in [1.165, 1.54) is 0 Å². The number of methoxy groups -OCH3 is 2. The van der Waals surface area contributed by atoms with Crippen LogP contribution in [0, 0.1) is 0 Å². The minimum absolute atomic E-state index is 0.797. The third-order valence-corrected chi connectivity index (χ3v) is 11.1. The van der Waals surface area contributed by atoms with Gasteiger partial charge in [-0.25, -0.2) is 0 Å². The Balaban J connectivity index is 1.05. The third kappa shape index (κ3) is 5.41. The molecule has 0 unspecified atom stereocenters. The number of anilines is 6. The van der Waals surface area contributed by atoms with Crippen molar-refractivity contribution < 1.29 is 18.3 Å². The SMILES string of the molecule is COc1ccccc1N(c1ccccc1)c1ccc2cc3c(cc2c1)oc1ccc2oc4cc5cc(N(c6ccccc6)c6ccccc6OC)ccc5cc4c2c13. The summed E-state index contributed by atoms with van der Waals surface area (Å²) in [7, 11) is 3.42. The lowest BCUT2D eigenvalue weighted by atomic mass is 10.0. The van der Waals surface area contributed by atoms with Crippen molar-refractivity contribution in [3.05, 3.63) is 182 Å². The third-order valence-electron chi connectivity index (χ3n) is 11.1. The molecule has 0 atom stereocenters. The van der Waals surface area contributed by atoms with E-state index in [1.807, 2.05) is 60.7 Å². The lowest BCUT2D eigenvalue weighted by Gasteiger charge is -2.27. The van der Waals surface area contributed by atoms with Crippen molar-refractivity contribution in [2.75, 3.05) is 24.0 Å². The van der Waals surface area contributed by atoms with E-state index in [-0.39, 0.29) is 0 Å². The number of fused-ring (bicyclic) bond motifs is 9. The van der Waals surface area contributed by atoms with Crippen LogP contribution in [-0.2, 0) is 0 Å². The zero-order chi connectivity index (χ0) is 38.7. The summed E-state index contributed by atoms with van der Waals surface area (Å²) in [4.78, 5) is 4.46. The Hall–Kier alpha value is -7.70. The predicted molar refractivity (Wildman–Crippen MR) is 238 cm³/mol. The maximum absolute atomic E-state index is 6.63. The molecular weight excluding hydrogens is 717 g/mol. The molecule has 58 heavy (non-hydrogen) atoms. The molecule has 2 aromatic heterocycles. The second-order valence-electron chi connectivity index (χ2n) is 14.5. The Morgan fingerprint density at radius 3 is 1.19 bits per heavy atom. The van der Waals surface area contributed by atoms with Crippen molar-refractivity contribution in [2.45, 2.75) is 0 Å². The molecule has 6 heteroatoms. The summed E-state index contributed by atoms with van der Waals surface area (Å²) < 4.78 is 24.9. The van der Waals surface area contributed by atoms with Gasteiger partial charge in [0.05, 0.1) is 25.6 Å². The summed E-state index contributed by atoms with van der Waals surface area (Å²) in [5.41, 5.74) is 9.35. The number of ether oxygens (including phenoxy) is 2. The van der Waals surface area contributed by atoms with Crippen LogP contribution in [0.2, 0.25) is 0 Å². The highest BCUT2D eigenvalue weighted by Crippen LogP contribution is 2.46. The molecule has 0 aliphatic carbocycles. The van der Waals surface area contributed by atoms with Gasteiger partial charge in [0.25, 0.3) is 0 Å². The van der Waals surface area contributed by atoms with Crippen LogP contribution >= 0.6 is 0 Å². The van der Waals surface area contributed by atoms with E-state index in [9.17, 15) is 0 Å². The first kappa shape index (κ1) is 33.6. The normalized spacial score (nSPS) is 11.6. The summed E-state index contributed by atoms with van der Waals surface area (Å²) in [5, 5.41) is 8.61. The van der Waals surface area contributed by atoms with Crippen LogP contribution in [0.4, 0.5) is 34.1 Å². The van der Waals surface area contributed by atoms with Gasteiger partial charge < -0.3 is 28.1 Å². The van der Waals surface area contributed by atoms with Gasteiger partial charge in [0.2, 0.25) is 0 Å². The van der Waals surface area contributed by atoms with Crippen LogP contribution in [0.3, 0.4) is 0 Å². The molecule has 0 aliphatic heterocycles. The van der Waals surface area contributed by atoms with E-state index in [2.05, 4.69) is 131 Å². The summed E-state index contributed by atoms with van der Waals surface area (Å²) in [5.74, 6) is 1.59. The van der Waals surface area contributed by atoms with Gasteiger partial charge in [0.1, 0.15) is 33.8 Å². The number of hydrogen-bond acceptors (Lipinski definition) is 6. The molecule has 0 radical (unpaired) electrons. The van der Waals surface area contributed by atoms with Gasteiger partial charge in [-0.15, -0.1) is 0 Å². The molecule has 6 nitrogen and oxygen atoms in total. The summed E-state index contributed by atoms with van der Waals surface area (Å²) in [6.07, 6.45) is 0. The molecule has 0 bridgehead atoms. The van der Waals surface area contributed by atoms with Crippen LogP contribution < -0.4 is 19.3 Å². The first-order chi connectivity index (χ1) is 28.6. The van der Waals surface area contributed by atoms with E-state index < -0.39 is 0 Å². The summed E-state index contributed by atoms with van der Waals surface area (Å²) >= 11 is 0. The average molecular weight is 753 g/mol. The van der Waals surface area contributed by atoms with Gasteiger partial charge in [0.15, 0.2) is 0 Å². The Bertz CT molecular complexity index is 3110. The molecule has 11 rings (SSSR count). The maximum atomic E-state index is 6.63. The van der Waals surface area contributed by atoms with E-state index >= 15 is 0 Å². The highest BCUT2D eigenvalue weighted by atomic mass is 16.5. The zero-order valence-corrected chi connectivity index (χ0v) is 31.8. The van der Waals surface area contributed by atoms with E-state index in [0.717, 1.165) is 111 Å². The molecule has 0 N–H and O–H groups in total. The van der Waals surface area contributed by atoms with E-state index in [4.69, 9.17) is 18.3 Å². The highest BCUT2D eigenvalue weighted by Gasteiger charge is 2.21. The molecule has 9 aromatic carbocycles. The van der Waals surface area contributed by atoms with Gasteiger partial charge in [-0.05, 0) is 131 Å². The second kappa shape index (κ2) is 13.5. The average Bonchev–Trinajstić information content (AvgIpc) is 3.82. The maximum Gasteiger partial charge on any atom is 0.142 e. The summed E-state index contributed by atoms with van der Waals surface area (Å²) in [6, 6.07) is 63.0. The first-order valence-electron chi connectivity index (χ1n) is 19.3. The Morgan fingerprint density at radius 2 is 0.759 bits per heavy atom. The van der Waals surface area contributed by atoms with Gasteiger partial charge >= 0.3 is 0 Å². The minimum Gasteiger partial charge on any atom is -0.495 e. The van der Waals surface area contributed by atoms with Crippen LogP contribution in [0.15, 0.2) is 191 Å². The van der Waals surface area contributed by atoms with Crippen molar-refractivity contribution in [1.82, 2.24) is 0 Å². The van der Waals surface area contributed by atoms with Gasteiger partial charge in [-0.2, -0.15) is 0 Å². The van der Waals surface area contributed by atoms with Gasteiger partial charge in [-0.1, -0.05) is 72.8 Å². The van der Waals surface area contributed by atoms with Crippen LogP contribution in [0.25, 0.3) is 65.4 Å².